The molecule has 8 heteroatoms. The molecule has 20 heavy (non-hydrogen) atoms. The van der Waals surface area contributed by atoms with Crippen molar-refractivity contribution in [3.63, 3.8) is 0 Å². The van der Waals surface area contributed by atoms with E-state index in [1.54, 1.807) is 0 Å². The molecule has 0 aliphatic rings. The number of ether oxygens (including phenoxy) is 1. The molecule has 0 fully saturated rings. The number of nitrogens with zero attached hydrogens (tertiary/aromatic N) is 2. The Morgan fingerprint density at radius 1 is 1.60 bits per heavy atom. The van der Waals surface area contributed by atoms with Gasteiger partial charge in [-0.15, -0.1) is 0 Å². The first kappa shape index (κ1) is 16.5. The Hall–Kier alpha value is -1.60. The molecule has 1 aromatic rings. The summed E-state index contributed by atoms with van der Waals surface area (Å²) < 4.78 is 6.31. The van der Waals surface area contributed by atoms with E-state index in [0.717, 1.165) is 0 Å². The van der Waals surface area contributed by atoms with E-state index in [1.807, 2.05) is 13.8 Å². The van der Waals surface area contributed by atoms with Gasteiger partial charge in [0.05, 0.1) is 18.5 Å². The van der Waals surface area contributed by atoms with Gasteiger partial charge in [0.25, 0.3) is 5.56 Å². The minimum absolute atomic E-state index is 0.0931. The van der Waals surface area contributed by atoms with Crippen LogP contribution in [0.5, 0.6) is 0 Å². The zero-order chi connectivity index (χ0) is 15.1. The van der Waals surface area contributed by atoms with E-state index in [2.05, 4.69) is 10.4 Å². The summed E-state index contributed by atoms with van der Waals surface area (Å²) in [5.74, 6) is -0.224. The van der Waals surface area contributed by atoms with Crippen LogP contribution in [0.4, 0.5) is 5.69 Å². The van der Waals surface area contributed by atoms with Crippen LogP contribution < -0.4 is 16.6 Å². The van der Waals surface area contributed by atoms with Gasteiger partial charge in [-0.2, -0.15) is 5.10 Å². The number of anilines is 1. The lowest BCUT2D eigenvalue weighted by Gasteiger charge is -2.11. The molecule has 0 saturated heterocycles. The fourth-order valence-electron chi connectivity index (χ4n) is 1.49. The molecular formula is C12H19ClN4O3. The van der Waals surface area contributed by atoms with Gasteiger partial charge >= 0.3 is 0 Å². The predicted molar refractivity (Wildman–Crippen MR) is 76.8 cm³/mol. The second-order valence-corrected chi connectivity index (χ2v) is 5.08. The molecule has 0 aliphatic carbocycles. The standard InChI is InChI=1S/C12H19ClN4O3/c1-8(2)6-17-12(19)11(13)9(5-16-17)15-3-4-20-7-10(14)18/h5,8,15H,3-4,6-7H2,1-2H3,(H2,14,18). The van der Waals surface area contributed by atoms with Gasteiger partial charge in [-0.05, 0) is 5.92 Å². The van der Waals surface area contributed by atoms with E-state index in [1.165, 1.54) is 10.9 Å². The minimum Gasteiger partial charge on any atom is -0.380 e. The Morgan fingerprint density at radius 3 is 2.90 bits per heavy atom. The van der Waals surface area contributed by atoms with Gasteiger partial charge in [-0.3, -0.25) is 9.59 Å². The molecule has 1 heterocycles. The van der Waals surface area contributed by atoms with E-state index < -0.39 is 5.91 Å². The van der Waals surface area contributed by atoms with E-state index in [-0.39, 0.29) is 23.8 Å². The van der Waals surface area contributed by atoms with Crippen LogP contribution >= 0.6 is 11.6 Å². The molecule has 7 nitrogen and oxygen atoms in total. The topological polar surface area (TPSA) is 99.2 Å². The number of nitrogens with one attached hydrogen (secondary N) is 1. The molecule has 0 unspecified atom stereocenters. The molecule has 1 aromatic heterocycles. The third-order valence-electron chi connectivity index (χ3n) is 2.33. The first-order valence-electron chi connectivity index (χ1n) is 6.27. The molecular weight excluding hydrogens is 284 g/mol. The number of aromatic nitrogens is 2. The summed E-state index contributed by atoms with van der Waals surface area (Å²) in [4.78, 5) is 22.4. The van der Waals surface area contributed by atoms with Gasteiger partial charge in [0.1, 0.15) is 11.6 Å². The van der Waals surface area contributed by atoms with Crippen LogP contribution in [0.1, 0.15) is 13.8 Å². The lowest BCUT2D eigenvalue weighted by molar-refractivity contribution is -0.122. The smallest absolute Gasteiger partial charge is 0.287 e. The van der Waals surface area contributed by atoms with Crippen molar-refractivity contribution in [3.05, 3.63) is 21.6 Å². The summed E-state index contributed by atoms with van der Waals surface area (Å²) in [6.07, 6.45) is 1.50. The number of primary amides is 1. The monoisotopic (exact) mass is 302 g/mol. The third-order valence-corrected chi connectivity index (χ3v) is 2.69. The molecule has 0 aromatic carbocycles. The van der Waals surface area contributed by atoms with Gasteiger partial charge in [0.2, 0.25) is 5.91 Å². The number of hydrogen-bond acceptors (Lipinski definition) is 5. The maximum atomic E-state index is 11.9. The second-order valence-electron chi connectivity index (χ2n) is 4.70. The maximum Gasteiger partial charge on any atom is 0.287 e. The fraction of sp³-hybridized carbons (Fsp3) is 0.583. The molecule has 0 bridgehead atoms. The highest BCUT2D eigenvalue weighted by Gasteiger charge is 2.09. The molecule has 1 amide bonds. The fourth-order valence-corrected chi connectivity index (χ4v) is 1.71. The quantitative estimate of drug-likeness (QED) is 0.680. The highest BCUT2D eigenvalue weighted by molar-refractivity contribution is 6.32. The zero-order valence-electron chi connectivity index (χ0n) is 11.6. The van der Waals surface area contributed by atoms with Gasteiger partial charge in [-0.1, -0.05) is 25.4 Å². The molecule has 0 aliphatic heterocycles. The number of halogens is 1. The van der Waals surface area contributed by atoms with Crippen LogP contribution in [-0.2, 0) is 16.1 Å². The number of carbonyl (C=O) groups excluding carboxylic acids is 1. The van der Waals surface area contributed by atoms with E-state index in [0.29, 0.717) is 24.7 Å². The predicted octanol–water partition coefficient (Wildman–Crippen LogP) is 0.467. The summed E-state index contributed by atoms with van der Waals surface area (Å²) in [7, 11) is 0. The number of rotatable bonds is 8. The summed E-state index contributed by atoms with van der Waals surface area (Å²) in [6.45, 7) is 5.02. The lowest BCUT2D eigenvalue weighted by Crippen LogP contribution is -2.26. The van der Waals surface area contributed by atoms with Gasteiger partial charge in [0.15, 0.2) is 0 Å². The number of nitrogens with two attached hydrogens (primary N) is 1. The van der Waals surface area contributed by atoms with Gasteiger partial charge in [0, 0.05) is 13.1 Å². The summed E-state index contributed by atoms with van der Waals surface area (Å²) in [5.41, 5.74) is 5.04. The Kier molecular flexibility index (Phi) is 6.47. The van der Waals surface area contributed by atoms with Crippen molar-refractivity contribution in [1.82, 2.24) is 9.78 Å². The van der Waals surface area contributed by atoms with Crippen molar-refractivity contribution >= 4 is 23.2 Å². The Labute approximate surface area is 122 Å². The van der Waals surface area contributed by atoms with E-state index >= 15 is 0 Å². The first-order valence-corrected chi connectivity index (χ1v) is 6.65. The van der Waals surface area contributed by atoms with Crippen LogP contribution in [0.2, 0.25) is 5.02 Å². The van der Waals surface area contributed by atoms with Gasteiger partial charge in [-0.25, -0.2) is 4.68 Å². The molecule has 1 rings (SSSR count). The largest absolute Gasteiger partial charge is 0.380 e. The summed E-state index contributed by atoms with van der Waals surface area (Å²) in [5, 5.41) is 7.06. The van der Waals surface area contributed by atoms with E-state index in [4.69, 9.17) is 22.1 Å². The first-order chi connectivity index (χ1) is 9.41. The number of hydrogen-bond donors (Lipinski definition) is 2. The van der Waals surface area contributed by atoms with Crippen molar-refractivity contribution < 1.29 is 9.53 Å². The summed E-state index contributed by atoms with van der Waals surface area (Å²) >= 11 is 5.99. The maximum absolute atomic E-state index is 11.9. The Morgan fingerprint density at radius 2 is 2.30 bits per heavy atom. The average Bonchev–Trinajstić information content (AvgIpc) is 2.36. The molecule has 112 valence electrons. The highest BCUT2D eigenvalue weighted by Crippen LogP contribution is 2.14. The SMILES string of the molecule is CC(C)Cn1ncc(NCCOCC(N)=O)c(Cl)c1=O. The second kappa shape index (κ2) is 7.86. The minimum atomic E-state index is -0.527. The summed E-state index contributed by atoms with van der Waals surface area (Å²) in [6, 6.07) is 0. The van der Waals surface area contributed by atoms with Crippen molar-refractivity contribution in [1.29, 1.82) is 0 Å². The molecule has 3 N–H and O–H groups in total. The van der Waals surface area contributed by atoms with Crippen LogP contribution in [0.15, 0.2) is 11.0 Å². The van der Waals surface area contributed by atoms with Crippen LogP contribution in [0, 0.1) is 5.92 Å². The van der Waals surface area contributed by atoms with Crippen molar-refractivity contribution in [2.24, 2.45) is 11.7 Å². The third kappa shape index (κ3) is 5.18. The van der Waals surface area contributed by atoms with Crippen molar-refractivity contribution in [3.8, 4) is 0 Å². The number of carbonyl (C=O) groups is 1. The number of amides is 1. The molecule has 0 spiro atoms. The van der Waals surface area contributed by atoms with Gasteiger partial charge < -0.3 is 15.8 Å². The van der Waals surface area contributed by atoms with Crippen molar-refractivity contribution in [2.45, 2.75) is 20.4 Å². The molecule has 0 saturated carbocycles. The van der Waals surface area contributed by atoms with Crippen LogP contribution in [-0.4, -0.2) is 35.4 Å². The van der Waals surface area contributed by atoms with Crippen LogP contribution in [0.25, 0.3) is 0 Å². The Bertz CT molecular complexity index is 516. The molecule has 0 atom stereocenters. The van der Waals surface area contributed by atoms with Crippen LogP contribution in [0.3, 0.4) is 0 Å². The van der Waals surface area contributed by atoms with Crippen molar-refractivity contribution in [2.75, 3.05) is 25.1 Å². The Balaban J connectivity index is 2.57. The highest BCUT2D eigenvalue weighted by atomic mass is 35.5. The molecule has 0 radical (unpaired) electrons. The normalized spacial score (nSPS) is 10.8. The zero-order valence-corrected chi connectivity index (χ0v) is 12.3. The average molecular weight is 303 g/mol. The lowest BCUT2D eigenvalue weighted by atomic mass is 10.2. The van der Waals surface area contributed by atoms with E-state index in [9.17, 15) is 9.59 Å².